The molecule has 1 aliphatic rings. The van der Waals surface area contributed by atoms with Crippen LogP contribution in [0.15, 0.2) is 0 Å². The summed E-state index contributed by atoms with van der Waals surface area (Å²) < 4.78 is 0. The zero-order valence-electron chi connectivity index (χ0n) is 7.64. The molecular weight excluding hydrogens is 138 g/mol. The number of nitrogens with one attached hydrogen (secondary N) is 1. The third kappa shape index (κ3) is 2.43. The quantitative estimate of drug-likeness (QED) is 0.629. The van der Waals surface area contributed by atoms with Crippen LogP contribution in [-0.2, 0) is 0 Å². The van der Waals surface area contributed by atoms with Gasteiger partial charge in [-0.15, -0.1) is 0 Å². The Morgan fingerprint density at radius 1 is 1.18 bits per heavy atom. The van der Waals surface area contributed by atoms with Gasteiger partial charge in [-0.05, 0) is 0 Å². The topological polar surface area (TPSA) is 18.5 Å². The zero-order chi connectivity index (χ0) is 8.10. The summed E-state index contributed by atoms with van der Waals surface area (Å²) >= 11 is 0. The normalized spacial score (nSPS) is 21.0. The van der Waals surface area contributed by atoms with E-state index in [9.17, 15) is 0 Å². The van der Waals surface area contributed by atoms with Crippen LogP contribution < -0.4 is 5.32 Å². The van der Waals surface area contributed by atoms with Crippen molar-refractivity contribution in [3.63, 3.8) is 0 Å². The molecule has 3 nitrogen and oxygen atoms in total. The van der Waals surface area contributed by atoms with Crippen molar-refractivity contribution in [3.05, 3.63) is 0 Å². The molecule has 0 aromatic carbocycles. The summed E-state index contributed by atoms with van der Waals surface area (Å²) in [6, 6.07) is 0. The Morgan fingerprint density at radius 2 is 1.73 bits per heavy atom. The number of hydrogen-bond donors (Lipinski definition) is 1. The molecule has 0 bridgehead atoms. The Bertz CT molecular complexity index is 95.5. The molecule has 0 aromatic heterocycles. The summed E-state index contributed by atoms with van der Waals surface area (Å²) in [5.41, 5.74) is 0. The second-order valence-electron chi connectivity index (χ2n) is 2.84. The van der Waals surface area contributed by atoms with E-state index >= 15 is 0 Å². The fourth-order valence-electron chi connectivity index (χ4n) is 1.56. The molecule has 1 rings (SSSR count). The first-order chi connectivity index (χ1) is 5.38. The lowest BCUT2D eigenvalue weighted by Gasteiger charge is -2.36. The molecule has 0 saturated carbocycles. The second-order valence-corrected chi connectivity index (χ2v) is 2.84. The van der Waals surface area contributed by atoms with E-state index in [1.165, 1.54) is 13.1 Å². The molecule has 66 valence electrons. The maximum atomic E-state index is 3.35. The molecule has 0 unspecified atom stereocenters. The minimum absolute atomic E-state index is 1.14. The lowest BCUT2D eigenvalue weighted by Crippen LogP contribution is -2.52. The van der Waals surface area contributed by atoms with Gasteiger partial charge in [-0.2, -0.15) is 0 Å². The predicted octanol–water partition coefficient (Wildman–Crippen LogP) is 0.148. The highest BCUT2D eigenvalue weighted by molar-refractivity contribution is 4.65. The molecule has 0 aromatic rings. The molecule has 1 aliphatic heterocycles. The lowest BCUT2D eigenvalue weighted by atomic mass is 10.4. The van der Waals surface area contributed by atoms with Crippen molar-refractivity contribution >= 4 is 0 Å². The molecule has 11 heavy (non-hydrogen) atoms. The maximum absolute atomic E-state index is 3.35. The van der Waals surface area contributed by atoms with Gasteiger partial charge in [-0.3, -0.25) is 0 Å². The number of hydrazine groups is 1. The Hall–Kier alpha value is -0.120. The van der Waals surface area contributed by atoms with Crippen molar-refractivity contribution in [1.82, 2.24) is 15.3 Å². The highest BCUT2D eigenvalue weighted by Crippen LogP contribution is 1.98. The zero-order valence-corrected chi connectivity index (χ0v) is 7.64. The van der Waals surface area contributed by atoms with E-state index in [4.69, 9.17) is 0 Å². The van der Waals surface area contributed by atoms with Crippen molar-refractivity contribution in [3.8, 4) is 0 Å². The second kappa shape index (κ2) is 4.70. The summed E-state index contributed by atoms with van der Waals surface area (Å²) in [6.07, 6.45) is 0. The van der Waals surface area contributed by atoms with Crippen molar-refractivity contribution in [1.29, 1.82) is 0 Å². The molecule has 1 saturated heterocycles. The average Bonchev–Trinajstić information content (AvgIpc) is 2.09. The summed E-state index contributed by atoms with van der Waals surface area (Å²) in [7, 11) is 0. The maximum Gasteiger partial charge on any atom is 0.0259 e. The number of piperazine rings is 1. The number of nitrogens with zero attached hydrogens (tertiary/aromatic N) is 2. The van der Waals surface area contributed by atoms with Gasteiger partial charge in [0, 0.05) is 39.3 Å². The van der Waals surface area contributed by atoms with Crippen LogP contribution in [0.4, 0.5) is 0 Å². The SMILES string of the molecule is CCN(CC)N1CCNCC1. The van der Waals surface area contributed by atoms with Crippen molar-refractivity contribution in [2.75, 3.05) is 39.3 Å². The van der Waals surface area contributed by atoms with Crippen LogP contribution in [0.3, 0.4) is 0 Å². The monoisotopic (exact) mass is 157 g/mol. The van der Waals surface area contributed by atoms with Gasteiger partial charge in [0.25, 0.3) is 0 Å². The van der Waals surface area contributed by atoms with E-state index in [0.29, 0.717) is 0 Å². The molecule has 1 heterocycles. The van der Waals surface area contributed by atoms with Crippen LogP contribution in [0, 0.1) is 0 Å². The molecule has 1 N–H and O–H groups in total. The average molecular weight is 157 g/mol. The first kappa shape index (κ1) is 8.97. The standard InChI is InChI=1S/C8H19N3/c1-3-10(4-2)11-7-5-9-6-8-11/h9H,3-8H2,1-2H3. The summed E-state index contributed by atoms with van der Waals surface area (Å²) in [4.78, 5) is 0. The number of rotatable bonds is 3. The van der Waals surface area contributed by atoms with Gasteiger partial charge < -0.3 is 5.32 Å². The molecule has 0 aliphatic carbocycles. The largest absolute Gasteiger partial charge is 0.314 e. The lowest BCUT2D eigenvalue weighted by molar-refractivity contribution is -0.0252. The Balaban J connectivity index is 2.30. The van der Waals surface area contributed by atoms with E-state index < -0.39 is 0 Å². The minimum Gasteiger partial charge on any atom is -0.314 e. The number of hydrogen-bond acceptors (Lipinski definition) is 3. The highest BCUT2D eigenvalue weighted by Gasteiger charge is 2.13. The van der Waals surface area contributed by atoms with Gasteiger partial charge in [-0.25, -0.2) is 10.0 Å². The molecule has 3 heteroatoms. The fourth-order valence-corrected chi connectivity index (χ4v) is 1.56. The van der Waals surface area contributed by atoms with Gasteiger partial charge >= 0.3 is 0 Å². The predicted molar refractivity (Wildman–Crippen MR) is 47.4 cm³/mol. The third-order valence-corrected chi connectivity index (χ3v) is 2.22. The summed E-state index contributed by atoms with van der Waals surface area (Å²) in [5, 5.41) is 8.19. The van der Waals surface area contributed by atoms with Crippen molar-refractivity contribution in [2.24, 2.45) is 0 Å². The smallest absolute Gasteiger partial charge is 0.0259 e. The van der Waals surface area contributed by atoms with Gasteiger partial charge in [-0.1, -0.05) is 13.8 Å². The van der Waals surface area contributed by atoms with Crippen LogP contribution in [0.2, 0.25) is 0 Å². The first-order valence-electron chi connectivity index (χ1n) is 4.59. The summed E-state index contributed by atoms with van der Waals surface area (Å²) in [5.74, 6) is 0. The van der Waals surface area contributed by atoms with E-state index in [1.807, 2.05) is 0 Å². The van der Waals surface area contributed by atoms with Gasteiger partial charge in [0.15, 0.2) is 0 Å². The van der Waals surface area contributed by atoms with E-state index in [0.717, 1.165) is 26.2 Å². The molecule has 0 amide bonds. The Kier molecular flexibility index (Phi) is 3.83. The van der Waals surface area contributed by atoms with Crippen LogP contribution in [-0.4, -0.2) is 49.3 Å². The van der Waals surface area contributed by atoms with Crippen molar-refractivity contribution < 1.29 is 0 Å². The summed E-state index contributed by atoms with van der Waals surface area (Å²) in [6.45, 7) is 11.3. The Morgan fingerprint density at radius 3 is 2.18 bits per heavy atom. The van der Waals surface area contributed by atoms with Crippen molar-refractivity contribution in [2.45, 2.75) is 13.8 Å². The van der Waals surface area contributed by atoms with Crippen LogP contribution >= 0.6 is 0 Å². The molecule has 1 fully saturated rings. The fraction of sp³-hybridized carbons (Fsp3) is 1.00. The first-order valence-corrected chi connectivity index (χ1v) is 4.59. The molecule has 0 radical (unpaired) electrons. The molecular formula is C8H19N3. The van der Waals surface area contributed by atoms with Gasteiger partial charge in [0.05, 0.1) is 0 Å². The van der Waals surface area contributed by atoms with Gasteiger partial charge in [0.2, 0.25) is 0 Å². The van der Waals surface area contributed by atoms with E-state index in [-0.39, 0.29) is 0 Å². The van der Waals surface area contributed by atoms with Crippen LogP contribution in [0.25, 0.3) is 0 Å². The molecule has 0 spiro atoms. The van der Waals surface area contributed by atoms with Crippen LogP contribution in [0.1, 0.15) is 13.8 Å². The van der Waals surface area contributed by atoms with E-state index in [2.05, 4.69) is 29.2 Å². The molecule has 0 atom stereocenters. The van der Waals surface area contributed by atoms with Crippen LogP contribution in [0.5, 0.6) is 0 Å². The van der Waals surface area contributed by atoms with E-state index in [1.54, 1.807) is 0 Å². The van der Waals surface area contributed by atoms with Gasteiger partial charge in [0.1, 0.15) is 0 Å². The highest BCUT2D eigenvalue weighted by atomic mass is 15.6. The minimum atomic E-state index is 1.14. The third-order valence-electron chi connectivity index (χ3n) is 2.22. The Labute approximate surface area is 69.3 Å².